The van der Waals surface area contributed by atoms with Crippen LogP contribution < -0.4 is 13.2 Å². The van der Waals surface area contributed by atoms with E-state index in [0.717, 1.165) is 33.4 Å². The molecule has 7 heteroatoms. The highest BCUT2D eigenvalue weighted by molar-refractivity contribution is 8.11. The predicted molar refractivity (Wildman–Crippen MR) is 115 cm³/mol. The van der Waals surface area contributed by atoms with E-state index in [1.165, 1.54) is 11.9 Å². The second kappa shape index (κ2) is 8.19. The average Bonchev–Trinajstić information content (AvgIpc) is 2.67. The number of aromatic nitrogens is 1. The van der Waals surface area contributed by atoms with Gasteiger partial charge in [-0.15, -0.1) is 0 Å². The van der Waals surface area contributed by atoms with E-state index in [4.69, 9.17) is 14.5 Å². The summed E-state index contributed by atoms with van der Waals surface area (Å²) in [6.45, 7) is 1.98. The Labute approximate surface area is 166 Å². The lowest BCUT2D eigenvalue weighted by Gasteiger charge is -2.18. The normalized spacial score (nSPS) is 12.0. The van der Waals surface area contributed by atoms with Gasteiger partial charge in [0, 0.05) is 29.2 Å². The summed E-state index contributed by atoms with van der Waals surface area (Å²) in [5.74, 6) is 1.37. The Morgan fingerprint density at radius 1 is 1.07 bits per heavy atom. The first-order valence-corrected chi connectivity index (χ1v) is 11.0. The lowest BCUT2D eigenvalue weighted by atomic mass is 10.0. The summed E-state index contributed by atoms with van der Waals surface area (Å²) < 4.78 is 24.6. The number of fused-ring (bicyclic) bond motifs is 1. The van der Waals surface area contributed by atoms with Gasteiger partial charge in [-0.25, -0.2) is 7.92 Å². The molecule has 142 valence electrons. The Hall–Kier alpha value is -2.25. The fourth-order valence-electron chi connectivity index (χ4n) is 3.03. The molecule has 0 fully saturated rings. The van der Waals surface area contributed by atoms with Crippen molar-refractivity contribution in [3.8, 4) is 22.8 Å². The third-order valence-electron chi connectivity index (χ3n) is 4.28. The van der Waals surface area contributed by atoms with Gasteiger partial charge < -0.3 is 9.47 Å². The number of anilines is 1. The highest BCUT2D eigenvalue weighted by Crippen LogP contribution is 2.35. The molecule has 5 nitrogen and oxygen atoms in total. The van der Waals surface area contributed by atoms with Gasteiger partial charge >= 0.3 is 0 Å². The van der Waals surface area contributed by atoms with Crippen molar-refractivity contribution in [2.75, 3.05) is 30.4 Å². The van der Waals surface area contributed by atoms with Crippen molar-refractivity contribution in [2.45, 2.75) is 6.92 Å². The number of ether oxygens (including phenoxy) is 2. The van der Waals surface area contributed by atoms with Crippen LogP contribution in [0.2, 0.25) is 0 Å². The first kappa shape index (κ1) is 19.5. The third-order valence-corrected chi connectivity index (χ3v) is 6.58. The summed E-state index contributed by atoms with van der Waals surface area (Å²) in [5, 5.41) is 2.05. The maximum absolute atomic E-state index is 12.0. The zero-order chi connectivity index (χ0) is 19.6. The van der Waals surface area contributed by atoms with Gasteiger partial charge in [-0.05, 0) is 54.6 Å². The predicted octanol–water partition coefficient (Wildman–Crippen LogP) is 4.61. The Morgan fingerprint density at radius 2 is 1.78 bits per heavy atom. The fourth-order valence-corrected chi connectivity index (χ4v) is 4.61. The van der Waals surface area contributed by atoms with Gasteiger partial charge in [0.05, 0.1) is 25.6 Å². The molecule has 3 rings (SSSR count). The Bertz CT molecular complexity index is 1010. The molecule has 0 radical (unpaired) electrons. The first-order valence-electron chi connectivity index (χ1n) is 8.30. The minimum Gasteiger partial charge on any atom is -0.493 e. The quantitative estimate of drug-likeness (QED) is 0.564. The van der Waals surface area contributed by atoms with Crippen molar-refractivity contribution in [3.05, 3.63) is 48.2 Å². The molecule has 0 aliphatic heterocycles. The van der Waals surface area contributed by atoms with E-state index in [2.05, 4.69) is 0 Å². The summed E-state index contributed by atoms with van der Waals surface area (Å²) in [6.07, 6.45) is 3.58. The van der Waals surface area contributed by atoms with Crippen LogP contribution in [0.1, 0.15) is 5.69 Å². The fraction of sp³-hybridized carbons (Fsp3) is 0.250. The molecule has 27 heavy (non-hydrogen) atoms. The van der Waals surface area contributed by atoms with Crippen LogP contribution in [-0.2, 0) is 11.0 Å². The standard InChI is InChI=1S/C20H22N2O3S2/c1-13-17-12-20(25-3)19(24-2)11-15(17)10-18(21-13)14-7-6-8-16(9-14)22(26-4)27(5)23/h6-12H,1-5H3. The SMILES string of the molecule is COc1cc2cc(-c3cccc(N(SC)S(C)=O)c3)nc(C)c2cc1OC. The summed E-state index contributed by atoms with van der Waals surface area (Å²) >= 11 is 1.43. The Kier molecular flexibility index (Phi) is 5.92. The molecule has 0 N–H and O–H groups in total. The number of aryl methyl sites for hydroxylation is 1. The second-order valence-electron chi connectivity index (χ2n) is 5.94. The van der Waals surface area contributed by atoms with E-state index in [0.29, 0.717) is 11.5 Å². The highest BCUT2D eigenvalue weighted by atomic mass is 32.2. The topological polar surface area (TPSA) is 51.7 Å². The Balaban J connectivity index is 2.14. The second-order valence-corrected chi connectivity index (χ2v) is 8.11. The molecular weight excluding hydrogens is 380 g/mol. The van der Waals surface area contributed by atoms with Gasteiger partial charge in [-0.3, -0.25) is 4.98 Å². The molecule has 3 aromatic rings. The van der Waals surface area contributed by atoms with E-state index in [1.54, 1.807) is 24.2 Å². The van der Waals surface area contributed by atoms with Crippen LogP contribution >= 0.6 is 11.9 Å². The monoisotopic (exact) mass is 402 g/mol. The molecule has 0 spiro atoms. The van der Waals surface area contributed by atoms with Gasteiger partial charge in [-0.2, -0.15) is 0 Å². The van der Waals surface area contributed by atoms with Crippen LogP contribution in [0, 0.1) is 6.92 Å². The van der Waals surface area contributed by atoms with Crippen LogP contribution in [0.15, 0.2) is 42.5 Å². The van der Waals surface area contributed by atoms with Crippen molar-refractivity contribution in [3.63, 3.8) is 0 Å². The van der Waals surface area contributed by atoms with E-state index in [9.17, 15) is 4.21 Å². The van der Waals surface area contributed by atoms with Crippen LogP contribution in [0.3, 0.4) is 0 Å². The number of hydrogen-bond acceptors (Lipinski definition) is 5. The van der Waals surface area contributed by atoms with Crippen molar-refractivity contribution in [2.24, 2.45) is 0 Å². The minimum absolute atomic E-state index is 0.685. The number of methoxy groups -OCH3 is 2. The molecular formula is C20H22N2O3S2. The first-order chi connectivity index (χ1) is 13.0. The maximum atomic E-state index is 12.0. The minimum atomic E-state index is -1.11. The van der Waals surface area contributed by atoms with Crippen LogP contribution in [0.25, 0.3) is 22.0 Å². The molecule has 0 bridgehead atoms. The Morgan fingerprint density at radius 3 is 2.41 bits per heavy atom. The van der Waals surface area contributed by atoms with E-state index >= 15 is 0 Å². The molecule has 0 saturated carbocycles. The van der Waals surface area contributed by atoms with Crippen molar-refractivity contribution in [1.82, 2.24) is 4.98 Å². The van der Waals surface area contributed by atoms with Crippen LogP contribution in [-0.4, -0.2) is 35.9 Å². The van der Waals surface area contributed by atoms with E-state index in [-0.39, 0.29) is 0 Å². The number of benzene rings is 2. The third kappa shape index (κ3) is 3.89. The summed E-state index contributed by atoms with van der Waals surface area (Å²) in [5.41, 5.74) is 3.62. The van der Waals surface area contributed by atoms with Crippen molar-refractivity contribution in [1.29, 1.82) is 0 Å². The molecule has 1 heterocycles. The molecule has 0 aliphatic carbocycles. The van der Waals surface area contributed by atoms with Crippen LogP contribution in [0.4, 0.5) is 5.69 Å². The van der Waals surface area contributed by atoms with Crippen molar-refractivity contribution >= 4 is 39.4 Å². The summed E-state index contributed by atoms with van der Waals surface area (Å²) in [7, 11) is 2.15. The molecule has 1 atom stereocenters. The summed E-state index contributed by atoms with van der Waals surface area (Å²) in [4.78, 5) is 4.78. The number of nitrogens with zero attached hydrogens (tertiary/aromatic N) is 2. The smallest absolute Gasteiger partial charge is 0.161 e. The highest BCUT2D eigenvalue weighted by Gasteiger charge is 2.13. The maximum Gasteiger partial charge on any atom is 0.161 e. The van der Waals surface area contributed by atoms with Gasteiger partial charge in [0.25, 0.3) is 0 Å². The lowest BCUT2D eigenvalue weighted by Crippen LogP contribution is -2.15. The van der Waals surface area contributed by atoms with Crippen molar-refractivity contribution < 1.29 is 13.7 Å². The summed E-state index contributed by atoms with van der Waals surface area (Å²) in [6, 6.07) is 13.9. The van der Waals surface area contributed by atoms with E-state index in [1.807, 2.05) is 55.6 Å². The molecule has 2 aromatic carbocycles. The average molecular weight is 403 g/mol. The molecule has 1 unspecified atom stereocenters. The molecule has 0 aliphatic rings. The lowest BCUT2D eigenvalue weighted by molar-refractivity contribution is 0.356. The molecule has 1 aromatic heterocycles. The van der Waals surface area contributed by atoms with Gasteiger partial charge in [0.1, 0.15) is 11.0 Å². The number of hydrogen-bond donors (Lipinski definition) is 0. The molecule has 0 amide bonds. The van der Waals surface area contributed by atoms with Crippen LogP contribution in [0.5, 0.6) is 11.5 Å². The number of pyridine rings is 1. The zero-order valence-electron chi connectivity index (χ0n) is 16.0. The molecule has 0 saturated heterocycles. The van der Waals surface area contributed by atoms with Gasteiger partial charge in [0.15, 0.2) is 11.5 Å². The van der Waals surface area contributed by atoms with Gasteiger partial charge in [0.2, 0.25) is 0 Å². The largest absolute Gasteiger partial charge is 0.493 e. The number of rotatable bonds is 6. The zero-order valence-corrected chi connectivity index (χ0v) is 17.6. The van der Waals surface area contributed by atoms with Gasteiger partial charge in [-0.1, -0.05) is 12.1 Å². The van der Waals surface area contributed by atoms with E-state index < -0.39 is 11.0 Å².